The molecule has 1 fully saturated rings. The lowest BCUT2D eigenvalue weighted by Gasteiger charge is -2.33. The molecule has 40 heavy (non-hydrogen) atoms. The molecule has 0 radical (unpaired) electrons. The molecule has 0 saturated heterocycles. The number of benzene rings is 3. The summed E-state index contributed by atoms with van der Waals surface area (Å²) >= 11 is 6.40. The van der Waals surface area contributed by atoms with Crippen LogP contribution in [0.1, 0.15) is 44.6 Å². The number of rotatable bonds is 10. The van der Waals surface area contributed by atoms with Crippen molar-refractivity contribution < 1.29 is 22.4 Å². The minimum absolute atomic E-state index is 0.000399. The molecule has 0 unspecified atom stereocenters. The largest absolute Gasteiger partial charge is 0.352 e. The third-order valence-electron chi connectivity index (χ3n) is 7.14. The van der Waals surface area contributed by atoms with E-state index in [0.29, 0.717) is 10.6 Å². The summed E-state index contributed by atoms with van der Waals surface area (Å²) < 4.78 is 42.1. The van der Waals surface area contributed by atoms with E-state index in [1.807, 2.05) is 0 Å². The Balaban J connectivity index is 1.67. The molecule has 4 rings (SSSR count). The van der Waals surface area contributed by atoms with E-state index in [2.05, 4.69) is 5.32 Å². The van der Waals surface area contributed by atoms with Crippen LogP contribution in [0.15, 0.2) is 83.8 Å². The lowest BCUT2D eigenvalue weighted by molar-refractivity contribution is -0.139. The minimum atomic E-state index is -4.21. The topological polar surface area (TPSA) is 86.8 Å². The first kappa shape index (κ1) is 29.6. The molecule has 212 valence electrons. The smallest absolute Gasteiger partial charge is 0.264 e. The first-order chi connectivity index (χ1) is 19.2. The van der Waals surface area contributed by atoms with Crippen LogP contribution in [-0.2, 0) is 26.2 Å². The van der Waals surface area contributed by atoms with E-state index in [4.69, 9.17) is 11.6 Å². The van der Waals surface area contributed by atoms with Gasteiger partial charge in [0.1, 0.15) is 18.4 Å². The van der Waals surface area contributed by atoms with Crippen LogP contribution in [0.4, 0.5) is 10.1 Å². The molecular weight excluding hydrogens is 553 g/mol. The lowest BCUT2D eigenvalue weighted by atomic mass is 9.95. The van der Waals surface area contributed by atoms with Crippen molar-refractivity contribution in [2.45, 2.75) is 62.6 Å². The number of hydrogen-bond donors (Lipinski definition) is 1. The number of amides is 2. The minimum Gasteiger partial charge on any atom is -0.352 e. The molecule has 0 bridgehead atoms. The van der Waals surface area contributed by atoms with Crippen molar-refractivity contribution in [1.29, 1.82) is 0 Å². The maximum Gasteiger partial charge on any atom is 0.264 e. The van der Waals surface area contributed by atoms with Crippen molar-refractivity contribution in [3.8, 4) is 0 Å². The molecule has 3 aromatic carbocycles. The number of halogens is 2. The van der Waals surface area contributed by atoms with E-state index in [1.165, 1.54) is 29.2 Å². The van der Waals surface area contributed by atoms with Gasteiger partial charge in [-0.2, -0.15) is 0 Å². The quantitative estimate of drug-likeness (QED) is 0.338. The molecular formula is C30H33ClFN3O4S. The zero-order valence-electron chi connectivity index (χ0n) is 22.3. The van der Waals surface area contributed by atoms with E-state index in [1.54, 1.807) is 49.4 Å². The monoisotopic (exact) mass is 585 g/mol. The normalized spacial score (nSPS) is 14.8. The van der Waals surface area contributed by atoms with Crippen LogP contribution in [0.3, 0.4) is 0 Å². The average molecular weight is 586 g/mol. The Morgan fingerprint density at radius 3 is 2.23 bits per heavy atom. The van der Waals surface area contributed by atoms with Gasteiger partial charge in [0.15, 0.2) is 0 Å². The van der Waals surface area contributed by atoms with Gasteiger partial charge in [0.05, 0.1) is 10.6 Å². The molecule has 0 heterocycles. The number of sulfonamides is 1. The van der Waals surface area contributed by atoms with Gasteiger partial charge >= 0.3 is 0 Å². The Morgan fingerprint density at radius 1 is 0.950 bits per heavy atom. The van der Waals surface area contributed by atoms with Crippen LogP contribution in [0.5, 0.6) is 0 Å². The van der Waals surface area contributed by atoms with E-state index >= 15 is 0 Å². The molecule has 0 aliphatic heterocycles. The number of nitrogens with zero attached hydrogens (tertiary/aromatic N) is 2. The number of anilines is 1. The second-order valence-electron chi connectivity index (χ2n) is 9.93. The summed E-state index contributed by atoms with van der Waals surface area (Å²) in [7, 11) is -4.21. The highest BCUT2D eigenvalue weighted by Gasteiger charge is 2.33. The van der Waals surface area contributed by atoms with Gasteiger partial charge in [-0.05, 0) is 67.8 Å². The third-order valence-corrected chi connectivity index (χ3v) is 9.30. The van der Waals surface area contributed by atoms with Gasteiger partial charge in [-0.1, -0.05) is 67.3 Å². The third kappa shape index (κ3) is 7.20. The van der Waals surface area contributed by atoms with Crippen molar-refractivity contribution in [1.82, 2.24) is 10.2 Å². The first-order valence-electron chi connectivity index (χ1n) is 13.3. The van der Waals surface area contributed by atoms with Crippen molar-refractivity contribution in [3.05, 3.63) is 95.3 Å². The molecule has 3 aromatic rings. The lowest BCUT2D eigenvalue weighted by Crippen LogP contribution is -2.53. The van der Waals surface area contributed by atoms with Gasteiger partial charge in [0, 0.05) is 17.6 Å². The Labute approximate surface area is 240 Å². The van der Waals surface area contributed by atoms with E-state index in [0.717, 1.165) is 48.5 Å². The Bertz CT molecular complexity index is 1410. The number of carbonyl (C=O) groups is 2. The summed E-state index contributed by atoms with van der Waals surface area (Å²) in [4.78, 5) is 28.6. The number of carbonyl (C=O) groups excluding carboxylic acids is 2. The molecule has 1 saturated carbocycles. The molecule has 1 atom stereocenters. The summed E-state index contributed by atoms with van der Waals surface area (Å²) in [5.41, 5.74) is 0.740. The number of hydrogen-bond acceptors (Lipinski definition) is 4. The SMILES string of the molecule is C[C@@H](C(=O)NC1CCCCC1)N(Cc1ccccc1Cl)C(=O)CN(c1ccc(F)cc1)S(=O)(=O)c1ccccc1. The molecule has 2 amide bonds. The van der Waals surface area contributed by atoms with Crippen LogP contribution >= 0.6 is 11.6 Å². The van der Waals surface area contributed by atoms with E-state index in [9.17, 15) is 22.4 Å². The highest BCUT2D eigenvalue weighted by atomic mass is 35.5. The fraction of sp³-hybridized carbons (Fsp3) is 0.333. The first-order valence-corrected chi connectivity index (χ1v) is 15.1. The summed E-state index contributed by atoms with van der Waals surface area (Å²) in [5.74, 6) is -1.46. The van der Waals surface area contributed by atoms with Crippen LogP contribution in [-0.4, -0.2) is 43.8 Å². The summed E-state index contributed by atoms with van der Waals surface area (Å²) in [5, 5.41) is 3.49. The molecule has 10 heteroatoms. The fourth-order valence-corrected chi connectivity index (χ4v) is 6.45. The molecule has 1 aliphatic carbocycles. The zero-order valence-corrected chi connectivity index (χ0v) is 23.9. The molecule has 1 N–H and O–H groups in total. The van der Waals surface area contributed by atoms with Crippen molar-refractivity contribution in [2.24, 2.45) is 0 Å². The molecule has 0 spiro atoms. The summed E-state index contributed by atoms with van der Waals surface area (Å²) in [6.07, 6.45) is 4.96. The van der Waals surface area contributed by atoms with Crippen molar-refractivity contribution >= 4 is 39.1 Å². The van der Waals surface area contributed by atoms with Crippen molar-refractivity contribution in [3.63, 3.8) is 0 Å². The predicted octanol–water partition coefficient (Wildman–Crippen LogP) is 5.54. The van der Waals surface area contributed by atoms with Gasteiger partial charge in [-0.15, -0.1) is 0 Å². The van der Waals surface area contributed by atoms with Crippen molar-refractivity contribution in [2.75, 3.05) is 10.8 Å². The second kappa shape index (κ2) is 13.3. The summed E-state index contributed by atoms with van der Waals surface area (Å²) in [6, 6.07) is 18.7. The number of nitrogens with one attached hydrogen (secondary N) is 1. The molecule has 0 aromatic heterocycles. The average Bonchev–Trinajstić information content (AvgIpc) is 2.96. The highest BCUT2D eigenvalue weighted by Crippen LogP contribution is 2.26. The van der Waals surface area contributed by atoms with Crippen LogP contribution in [0.2, 0.25) is 5.02 Å². The predicted molar refractivity (Wildman–Crippen MR) is 154 cm³/mol. The van der Waals surface area contributed by atoms with Crippen LogP contribution < -0.4 is 9.62 Å². The second-order valence-corrected chi connectivity index (χ2v) is 12.2. The van der Waals surface area contributed by atoms with Gasteiger partial charge in [-0.3, -0.25) is 13.9 Å². The Kier molecular flexibility index (Phi) is 9.81. The van der Waals surface area contributed by atoms with Gasteiger partial charge < -0.3 is 10.2 Å². The fourth-order valence-electron chi connectivity index (χ4n) is 4.82. The van der Waals surface area contributed by atoms with E-state index < -0.39 is 34.3 Å². The molecule has 1 aliphatic rings. The maximum absolute atomic E-state index is 13.9. The highest BCUT2D eigenvalue weighted by molar-refractivity contribution is 7.92. The van der Waals surface area contributed by atoms with Gasteiger partial charge in [-0.25, -0.2) is 12.8 Å². The van der Waals surface area contributed by atoms with Gasteiger partial charge in [0.25, 0.3) is 10.0 Å². The Hall–Kier alpha value is -3.43. The van der Waals surface area contributed by atoms with Crippen LogP contribution in [0, 0.1) is 5.82 Å². The summed E-state index contributed by atoms with van der Waals surface area (Å²) in [6.45, 7) is 1.02. The Morgan fingerprint density at radius 2 is 1.57 bits per heavy atom. The van der Waals surface area contributed by atoms with Crippen LogP contribution in [0.25, 0.3) is 0 Å². The van der Waals surface area contributed by atoms with Gasteiger partial charge in [0.2, 0.25) is 11.8 Å². The van der Waals surface area contributed by atoms with E-state index in [-0.39, 0.29) is 29.1 Å². The maximum atomic E-state index is 13.9. The molecule has 7 nitrogen and oxygen atoms in total. The standard InChI is InChI=1S/C30H33ClFN3O4S/c1-22(30(37)33-25-11-4-2-5-12-25)34(20-23-10-8-9-15-28(23)31)29(36)21-35(26-18-16-24(32)17-19-26)40(38,39)27-13-6-3-7-14-27/h3,6-10,13-19,22,25H,2,4-5,11-12,20-21H2,1H3,(H,33,37)/t22-/m0/s1. The zero-order chi connectivity index (χ0) is 28.7.